The number of carbonyl (C=O) groups is 1. The number of piperidine rings is 1. The lowest BCUT2D eigenvalue weighted by molar-refractivity contribution is -0.138. The Morgan fingerprint density at radius 1 is 1.50 bits per heavy atom. The number of hydrogen-bond acceptors (Lipinski definition) is 4. The van der Waals surface area contributed by atoms with Crippen LogP contribution in [0.25, 0.3) is 0 Å². The van der Waals surface area contributed by atoms with Crippen LogP contribution in [-0.2, 0) is 9.53 Å². The van der Waals surface area contributed by atoms with Crippen molar-refractivity contribution in [3.05, 3.63) is 0 Å². The number of hydrogen-bond donors (Lipinski definition) is 1. The summed E-state index contributed by atoms with van der Waals surface area (Å²) < 4.78 is 5.21. The number of thioether (sulfide) groups is 1. The summed E-state index contributed by atoms with van der Waals surface area (Å²) in [5.41, 5.74) is 5.90. The average molecular weight is 244 g/mol. The molecule has 0 aromatic heterocycles. The molecule has 3 atom stereocenters. The first-order valence-corrected chi connectivity index (χ1v) is 6.97. The Morgan fingerprint density at radius 3 is 3.06 bits per heavy atom. The zero-order valence-corrected chi connectivity index (χ0v) is 10.5. The molecule has 2 rings (SSSR count). The molecule has 0 aliphatic carbocycles. The second kappa shape index (κ2) is 5.38. The molecule has 2 heterocycles. The van der Waals surface area contributed by atoms with E-state index in [1.54, 1.807) is 7.11 Å². The van der Waals surface area contributed by atoms with Crippen LogP contribution < -0.4 is 5.73 Å². The van der Waals surface area contributed by atoms with Crippen molar-refractivity contribution in [1.29, 1.82) is 0 Å². The van der Waals surface area contributed by atoms with Crippen molar-refractivity contribution >= 4 is 17.7 Å². The Hall–Kier alpha value is -0.260. The average Bonchev–Trinajstić information content (AvgIpc) is 2.41. The van der Waals surface area contributed by atoms with Crippen LogP contribution in [0, 0.1) is 0 Å². The molecule has 16 heavy (non-hydrogen) atoms. The first-order valence-electron chi connectivity index (χ1n) is 5.92. The van der Waals surface area contributed by atoms with Gasteiger partial charge in [0.15, 0.2) is 0 Å². The van der Waals surface area contributed by atoms with Gasteiger partial charge in [-0.1, -0.05) is 0 Å². The summed E-state index contributed by atoms with van der Waals surface area (Å²) >= 11 is 1.87. The van der Waals surface area contributed by atoms with Gasteiger partial charge >= 0.3 is 0 Å². The molecule has 0 saturated carbocycles. The number of fused-ring (bicyclic) bond motifs is 1. The number of carbonyl (C=O) groups excluding carboxylic acids is 1. The minimum Gasteiger partial charge on any atom is -0.383 e. The van der Waals surface area contributed by atoms with Gasteiger partial charge in [-0.2, -0.15) is 0 Å². The largest absolute Gasteiger partial charge is 0.383 e. The molecule has 2 saturated heterocycles. The van der Waals surface area contributed by atoms with Gasteiger partial charge in [0.25, 0.3) is 0 Å². The number of ether oxygens (including phenoxy) is 1. The Kier molecular flexibility index (Phi) is 4.10. The minimum atomic E-state index is -0.310. The lowest BCUT2D eigenvalue weighted by Crippen LogP contribution is -2.54. The van der Waals surface area contributed by atoms with Gasteiger partial charge in [-0.25, -0.2) is 0 Å². The van der Waals surface area contributed by atoms with Crippen LogP contribution in [0.15, 0.2) is 0 Å². The molecule has 92 valence electrons. The summed E-state index contributed by atoms with van der Waals surface area (Å²) in [5, 5.41) is 0.329. The lowest BCUT2D eigenvalue weighted by Gasteiger charge is -2.41. The molecular formula is C11H20N2O2S. The smallest absolute Gasteiger partial charge is 0.240 e. The highest BCUT2D eigenvalue weighted by molar-refractivity contribution is 7.99. The molecular weight excluding hydrogens is 224 g/mol. The lowest BCUT2D eigenvalue weighted by atomic mass is 10.0. The number of nitrogens with two attached hydrogens (primary N) is 1. The molecule has 5 heteroatoms. The van der Waals surface area contributed by atoms with E-state index in [0.717, 1.165) is 25.0 Å². The van der Waals surface area contributed by atoms with Crippen molar-refractivity contribution in [2.24, 2.45) is 5.73 Å². The van der Waals surface area contributed by atoms with E-state index in [1.807, 2.05) is 16.7 Å². The first kappa shape index (κ1) is 12.2. The van der Waals surface area contributed by atoms with E-state index in [1.165, 1.54) is 6.42 Å². The fourth-order valence-corrected chi connectivity index (χ4v) is 3.96. The quantitative estimate of drug-likeness (QED) is 0.781. The molecule has 2 fully saturated rings. The third-order valence-electron chi connectivity index (χ3n) is 3.36. The van der Waals surface area contributed by atoms with Crippen molar-refractivity contribution in [2.45, 2.75) is 43.1 Å². The van der Waals surface area contributed by atoms with Crippen LogP contribution in [0.3, 0.4) is 0 Å². The van der Waals surface area contributed by atoms with Crippen molar-refractivity contribution in [2.75, 3.05) is 19.5 Å². The maximum Gasteiger partial charge on any atom is 0.240 e. The van der Waals surface area contributed by atoms with E-state index in [9.17, 15) is 4.79 Å². The third-order valence-corrected chi connectivity index (χ3v) is 4.68. The van der Waals surface area contributed by atoms with Gasteiger partial charge in [-0.3, -0.25) is 4.79 Å². The zero-order chi connectivity index (χ0) is 11.5. The van der Waals surface area contributed by atoms with E-state index in [2.05, 4.69) is 0 Å². The summed E-state index contributed by atoms with van der Waals surface area (Å²) in [5.74, 6) is 1.12. The second-order valence-corrected chi connectivity index (χ2v) is 5.79. The van der Waals surface area contributed by atoms with E-state index in [-0.39, 0.29) is 18.0 Å². The fraction of sp³-hybridized carbons (Fsp3) is 0.909. The summed E-state index contributed by atoms with van der Waals surface area (Å²) in [6.07, 6.45) is 4.13. The Balaban J connectivity index is 2.15. The zero-order valence-electron chi connectivity index (χ0n) is 9.72. The molecule has 1 amide bonds. The van der Waals surface area contributed by atoms with Crippen molar-refractivity contribution < 1.29 is 9.53 Å². The monoisotopic (exact) mass is 244 g/mol. The number of methoxy groups -OCH3 is 1. The van der Waals surface area contributed by atoms with Crippen molar-refractivity contribution in [1.82, 2.24) is 4.90 Å². The molecule has 0 aromatic carbocycles. The molecule has 0 aromatic rings. The van der Waals surface area contributed by atoms with Crippen molar-refractivity contribution in [3.8, 4) is 0 Å². The Labute approximate surface area is 101 Å². The predicted octanol–water partition coefficient (Wildman–Crippen LogP) is 0.804. The first-order chi connectivity index (χ1) is 7.74. The predicted molar refractivity (Wildman–Crippen MR) is 65.2 cm³/mol. The van der Waals surface area contributed by atoms with Gasteiger partial charge in [-0.05, 0) is 31.4 Å². The molecule has 0 bridgehead atoms. The fourth-order valence-electron chi connectivity index (χ4n) is 2.53. The van der Waals surface area contributed by atoms with Gasteiger partial charge in [0.1, 0.15) is 0 Å². The van der Waals surface area contributed by atoms with Gasteiger partial charge < -0.3 is 15.4 Å². The molecule has 2 aliphatic heterocycles. The van der Waals surface area contributed by atoms with Crippen LogP contribution in [0.1, 0.15) is 25.7 Å². The van der Waals surface area contributed by atoms with E-state index >= 15 is 0 Å². The maximum atomic E-state index is 12.2. The highest BCUT2D eigenvalue weighted by Gasteiger charge is 2.38. The highest BCUT2D eigenvalue weighted by atomic mass is 32.2. The number of rotatable bonds is 2. The van der Waals surface area contributed by atoms with Gasteiger partial charge in [0.2, 0.25) is 5.91 Å². The van der Waals surface area contributed by atoms with Gasteiger partial charge in [0, 0.05) is 7.11 Å². The standard InChI is InChI=1S/C11H20N2O2S/c1-15-7-8-3-2-4-10-13(8)11(14)9(12)5-6-16-10/h8-10H,2-7,12H2,1H3/t8-,9?,10-/m0/s1. The van der Waals surface area contributed by atoms with Crippen LogP contribution in [0.2, 0.25) is 0 Å². The van der Waals surface area contributed by atoms with Crippen LogP contribution in [0.5, 0.6) is 0 Å². The Morgan fingerprint density at radius 2 is 2.31 bits per heavy atom. The maximum absolute atomic E-state index is 12.2. The summed E-state index contributed by atoms with van der Waals surface area (Å²) in [4.78, 5) is 14.2. The van der Waals surface area contributed by atoms with E-state index in [4.69, 9.17) is 10.5 Å². The van der Waals surface area contributed by atoms with Crippen LogP contribution in [0.4, 0.5) is 0 Å². The number of nitrogens with zero attached hydrogens (tertiary/aromatic N) is 1. The third kappa shape index (κ3) is 2.36. The van der Waals surface area contributed by atoms with Gasteiger partial charge in [0.05, 0.1) is 24.1 Å². The topological polar surface area (TPSA) is 55.6 Å². The van der Waals surface area contributed by atoms with Crippen LogP contribution in [-0.4, -0.2) is 47.7 Å². The van der Waals surface area contributed by atoms with E-state index < -0.39 is 0 Å². The second-order valence-electron chi connectivity index (χ2n) is 4.51. The van der Waals surface area contributed by atoms with Gasteiger partial charge in [-0.15, -0.1) is 11.8 Å². The summed E-state index contributed by atoms with van der Waals surface area (Å²) in [6, 6.07) is -0.0807. The summed E-state index contributed by atoms with van der Waals surface area (Å²) in [7, 11) is 1.69. The Bertz CT molecular complexity index is 260. The molecule has 1 unspecified atom stereocenters. The molecule has 4 nitrogen and oxygen atoms in total. The SMILES string of the molecule is COC[C@@H]1CCC[C@@H]2SCCC(N)C(=O)N12. The summed E-state index contributed by atoms with van der Waals surface area (Å²) in [6.45, 7) is 0.634. The van der Waals surface area contributed by atoms with E-state index in [0.29, 0.717) is 12.0 Å². The normalized spacial score (nSPS) is 35.8. The van der Waals surface area contributed by atoms with Crippen LogP contribution >= 0.6 is 11.8 Å². The minimum absolute atomic E-state index is 0.122. The molecule has 0 radical (unpaired) electrons. The molecule has 0 spiro atoms. The molecule has 2 N–H and O–H groups in total. The van der Waals surface area contributed by atoms with Crippen molar-refractivity contribution in [3.63, 3.8) is 0 Å². The number of amides is 1. The highest BCUT2D eigenvalue weighted by Crippen LogP contribution is 2.33. The molecule has 2 aliphatic rings.